The quantitative estimate of drug-likeness (QED) is 0.680. The van der Waals surface area contributed by atoms with E-state index in [1.165, 1.54) is 16.7 Å². The molecule has 0 radical (unpaired) electrons. The topological polar surface area (TPSA) is 69.0 Å². The Morgan fingerprint density at radius 2 is 1.75 bits per heavy atom. The molecule has 0 aliphatic carbocycles. The van der Waals surface area contributed by atoms with Crippen molar-refractivity contribution in [2.24, 2.45) is 0 Å². The molecule has 1 aromatic heterocycles. The molecule has 0 fully saturated rings. The van der Waals surface area contributed by atoms with Crippen LogP contribution in [0.5, 0.6) is 0 Å². The molecule has 3 aromatic rings. The molecule has 0 saturated heterocycles. The molecular weight excluding hydrogens is 331 g/mol. The van der Waals surface area contributed by atoms with Gasteiger partial charge in [0.1, 0.15) is 11.6 Å². The predicted octanol–water partition coefficient (Wildman–Crippen LogP) is 2.32. The third kappa shape index (κ3) is 3.07. The van der Waals surface area contributed by atoms with Crippen molar-refractivity contribution in [1.82, 2.24) is 9.55 Å². The lowest BCUT2D eigenvalue weighted by Crippen LogP contribution is -2.27. The number of nitrogens with zero attached hydrogens (tertiary/aromatic N) is 2. The van der Waals surface area contributed by atoms with Crippen LogP contribution in [-0.4, -0.2) is 23.7 Å². The monoisotopic (exact) mass is 346 g/mol. The molecule has 0 amide bonds. The fourth-order valence-electron chi connectivity index (χ4n) is 2.51. The van der Waals surface area contributed by atoms with Gasteiger partial charge in [-0.05, 0) is 43.3 Å². The summed E-state index contributed by atoms with van der Waals surface area (Å²) in [7, 11) is -3.62. The number of halogens is 1. The fraction of sp³-hybridized carbons (Fsp3) is 0.176. The Balaban J connectivity index is 1.93. The van der Waals surface area contributed by atoms with Crippen molar-refractivity contribution in [3.8, 4) is 0 Å². The van der Waals surface area contributed by atoms with E-state index >= 15 is 0 Å². The van der Waals surface area contributed by atoms with E-state index in [0.717, 1.165) is 12.1 Å². The van der Waals surface area contributed by atoms with E-state index < -0.39 is 15.7 Å². The molecular formula is C17H15FN2O3S. The molecule has 0 spiro atoms. The van der Waals surface area contributed by atoms with E-state index in [1.807, 2.05) is 0 Å². The summed E-state index contributed by atoms with van der Waals surface area (Å²) in [5, 5.41) is 0.447. The van der Waals surface area contributed by atoms with E-state index in [0.29, 0.717) is 16.7 Å². The van der Waals surface area contributed by atoms with Crippen LogP contribution < -0.4 is 5.56 Å². The Hall–Kier alpha value is -2.54. The van der Waals surface area contributed by atoms with Crippen molar-refractivity contribution in [2.45, 2.75) is 18.4 Å². The first-order valence-electron chi connectivity index (χ1n) is 7.33. The van der Waals surface area contributed by atoms with Crippen LogP contribution in [0.4, 0.5) is 4.39 Å². The summed E-state index contributed by atoms with van der Waals surface area (Å²) in [5.41, 5.74) is 0.310. The Labute approximate surface area is 138 Å². The number of hydrogen-bond donors (Lipinski definition) is 0. The normalized spacial score (nSPS) is 11.8. The predicted molar refractivity (Wildman–Crippen MR) is 89.2 cm³/mol. The van der Waals surface area contributed by atoms with Gasteiger partial charge in [0.05, 0.1) is 21.6 Å². The van der Waals surface area contributed by atoms with Gasteiger partial charge >= 0.3 is 0 Å². The average molecular weight is 346 g/mol. The molecule has 0 aliphatic heterocycles. The highest BCUT2D eigenvalue weighted by Gasteiger charge is 2.16. The van der Waals surface area contributed by atoms with Crippen molar-refractivity contribution in [1.29, 1.82) is 0 Å². The van der Waals surface area contributed by atoms with Gasteiger partial charge in [0.15, 0.2) is 9.84 Å². The van der Waals surface area contributed by atoms with Crippen LogP contribution in [0.3, 0.4) is 0 Å². The van der Waals surface area contributed by atoms with Crippen LogP contribution in [0.2, 0.25) is 0 Å². The van der Waals surface area contributed by atoms with E-state index in [-0.39, 0.29) is 22.8 Å². The number of aromatic nitrogens is 2. The summed E-state index contributed by atoms with van der Waals surface area (Å²) in [4.78, 5) is 16.9. The highest BCUT2D eigenvalue weighted by Crippen LogP contribution is 2.13. The van der Waals surface area contributed by atoms with E-state index in [1.54, 1.807) is 31.2 Å². The van der Waals surface area contributed by atoms with Gasteiger partial charge in [-0.1, -0.05) is 12.1 Å². The second-order valence-corrected chi connectivity index (χ2v) is 7.51. The minimum absolute atomic E-state index is 0.0117. The summed E-state index contributed by atoms with van der Waals surface area (Å²) < 4.78 is 39.0. The van der Waals surface area contributed by atoms with Crippen molar-refractivity contribution in [2.75, 3.05) is 5.75 Å². The fourth-order valence-corrected chi connectivity index (χ4v) is 3.72. The van der Waals surface area contributed by atoms with Gasteiger partial charge in [-0.2, -0.15) is 0 Å². The first kappa shape index (κ1) is 16.3. The molecule has 2 aromatic carbocycles. The largest absolute Gasteiger partial charge is 0.295 e. The van der Waals surface area contributed by atoms with Crippen LogP contribution in [0.25, 0.3) is 10.9 Å². The number of sulfone groups is 1. The minimum Gasteiger partial charge on any atom is -0.295 e. The third-order valence-electron chi connectivity index (χ3n) is 3.81. The molecule has 0 aliphatic rings. The number of aryl methyl sites for hydroxylation is 1. The number of rotatable bonds is 4. The summed E-state index contributed by atoms with van der Waals surface area (Å²) >= 11 is 0. The van der Waals surface area contributed by atoms with Crippen LogP contribution in [0, 0.1) is 12.7 Å². The lowest BCUT2D eigenvalue weighted by molar-refractivity contribution is 0.583. The highest BCUT2D eigenvalue weighted by atomic mass is 32.2. The molecule has 3 rings (SSSR count). The van der Waals surface area contributed by atoms with E-state index in [9.17, 15) is 17.6 Å². The van der Waals surface area contributed by atoms with Gasteiger partial charge in [0, 0.05) is 6.54 Å². The van der Waals surface area contributed by atoms with Crippen molar-refractivity contribution >= 4 is 20.7 Å². The second kappa shape index (κ2) is 6.16. The summed E-state index contributed by atoms with van der Waals surface area (Å²) in [6.07, 6.45) is 0. The maximum absolute atomic E-state index is 12.9. The first-order valence-corrected chi connectivity index (χ1v) is 8.98. The number of fused-ring (bicyclic) bond motifs is 1. The van der Waals surface area contributed by atoms with Gasteiger partial charge in [-0.3, -0.25) is 9.36 Å². The molecule has 0 unspecified atom stereocenters. The lowest BCUT2D eigenvalue weighted by Gasteiger charge is -2.11. The summed E-state index contributed by atoms with van der Waals surface area (Å²) in [6, 6.07) is 11.6. The summed E-state index contributed by atoms with van der Waals surface area (Å²) in [6.45, 7) is 1.65. The highest BCUT2D eigenvalue weighted by molar-refractivity contribution is 7.91. The minimum atomic E-state index is -3.62. The molecule has 5 nitrogen and oxygen atoms in total. The van der Waals surface area contributed by atoms with Crippen LogP contribution in [0.15, 0.2) is 58.2 Å². The molecule has 24 heavy (non-hydrogen) atoms. The van der Waals surface area contributed by atoms with Crippen LogP contribution in [0.1, 0.15) is 5.82 Å². The van der Waals surface area contributed by atoms with E-state index in [2.05, 4.69) is 4.98 Å². The van der Waals surface area contributed by atoms with E-state index in [4.69, 9.17) is 0 Å². The Bertz CT molecular complexity index is 1060. The third-order valence-corrected chi connectivity index (χ3v) is 5.52. The van der Waals surface area contributed by atoms with Crippen LogP contribution in [-0.2, 0) is 16.4 Å². The van der Waals surface area contributed by atoms with Gasteiger partial charge < -0.3 is 0 Å². The number of hydrogen-bond acceptors (Lipinski definition) is 4. The van der Waals surface area contributed by atoms with Gasteiger partial charge in [-0.15, -0.1) is 0 Å². The van der Waals surface area contributed by atoms with Crippen LogP contribution >= 0.6 is 0 Å². The number of benzene rings is 2. The maximum Gasteiger partial charge on any atom is 0.261 e. The summed E-state index contributed by atoms with van der Waals surface area (Å²) in [5.74, 6) is -0.313. The lowest BCUT2D eigenvalue weighted by atomic mass is 10.2. The zero-order valence-electron chi connectivity index (χ0n) is 12.9. The Morgan fingerprint density at radius 1 is 1.08 bits per heavy atom. The SMILES string of the molecule is Cc1nc2ccccc2c(=O)n1CCS(=O)(=O)c1ccc(F)cc1. The molecule has 0 N–H and O–H groups in total. The van der Waals surface area contributed by atoms with Crippen molar-refractivity contribution in [3.63, 3.8) is 0 Å². The Kier molecular flexibility index (Phi) is 4.19. The molecule has 0 bridgehead atoms. The molecule has 1 heterocycles. The molecule has 7 heteroatoms. The van der Waals surface area contributed by atoms with Gasteiger partial charge in [-0.25, -0.2) is 17.8 Å². The molecule has 0 atom stereocenters. The standard InChI is InChI=1S/C17H15FN2O3S/c1-12-19-16-5-3-2-4-15(16)17(21)20(12)10-11-24(22,23)14-8-6-13(18)7-9-14/h2-9H,10-11H2,1H3. The second-order valence-electron chi connectivity index (χ2n) is 5.41. The van der Waals surface area contributed by atoms with Gasteiger partial charge in [0.25, 0.3) is 5.56 Å². The smallest absolute Gasteiger partial charge is 0.261 e. The Morgan fingerprint density at radius 3 is 2.46 bits per heavy atom. The van der Waals surface area contributed by atoms with Crippen molar-refractivity contribution < 1.29 is 12.8 Å². The zero-order chi connectivity index (χ0) is 17.3. The molecule has 124 valence electrons. The van der Waals surface area contributed by atoms with Crippen molar-refractivity contribution in [3.05, 3.63) is 70.5 Å². The molecule has 0 saturated carbocycles. The zero-order valence-corrected chi connectivity index (χ0v) is 13.8. The van der Waals surface area contributed by atoms with Gasteiger partial charge in [0.2, 0.25) is 0 Å². The average Bonchev–Trinajstić information content (AvgIpc) is 2.55. The first-order chi connectivity index (χ1) is 11.4. The maximum atomic E-state index is 12.9. The number of para-hydroxylation sites is 1.